The molecule has 0 heterocycles. The molecule has 0 radical (unpaired) electrons. The lowest BCUT2D eigenvalue weighted by Gasteiger charge is -2.24. The molecular weight excluding hydrogens is 184 g/mol. The molecule has 0 N–H and O–H groups in total. The van der Waals surface area contributed by atoms with Gasteiger partial charge in [0.2, 0.25) is 0 Å². The predicted molar refractivity (Wildman–Crippen MR) is 48.5 cm³/mol. The lowest BCUT2D eigenvalue weighted by atomic mass is 9.78. The number of Topliss-reactive ketones (excluding diaryl/α,β-unsaturated/α-hetero) is 2. The van der Waals surface area contributed by atoms with Crippen LogP contribution in [0.25, 0.3) is 0 Å². The summed E-state index contributed by atoms with van der Waals surface area (Å²) in [7, 11) is 1.26. The summed E-state index contributed by atoms with van der Waals surface area (Å²) >= 11 is 0. The summed E-state index contributed by atoms with van der Waals surface area (Å²) in [5.74, 6) is -1.73. The third-order valence-electron chi connectivity index (χ3n) is 2.69. The Balaban J connectivity index is 2.74. The zero-order valence-corrected chi connectivity index (χ0v) is 8.41. The van der Waals surface area contributed by atoms with Crippen molar-refractivity contribution >= 4 is 17.5 Å². The smallest absolute Gasteiger partial charge is 0.316 e. The molecule has 0 aliphatic heterocycles. The zero-order chi connectivity index (χ0) is 10.7. The van der Waals surface area contributed by atoms with Crippen LogP contribution in [0.2, 0.25) is 0 Å². The molecule has 4 nitrogen and oxygen atoms in total. The van der Waals surface area contributed by atoms with E-state index in [0.29, 0.717) is 12.8 Å². The minimum atomic E-state index is -0.720. The van der Waals surface area contributed by atoms with Gasteiger partial charge in [-0.05, 0) is 12.8 Å². The fourth-order valence-electron chi connectivity index (χ4n) is 1.75. The molecule has 0 spiro atoms. The third kappa shape index (κ3) is 2.00. The fourth-order valence-corrected chi connectivity index (χ4v) is 1.75. The van der Waals surface area contributed by atoms with Gasteiger partial charge in [-0.3, -0.25) is 14.4 Å². The van der Waals surface area contributed by atoms with Gasteiger partial charge in [-0.25, -0.2) is 0 Å². The summed E-state index contributed by atoms with van der Waals surface area (Å²) in [6, 6.07) is 0. The van der Waals surface area contributed by atoms with Crippen LogP contribution >= 0.6 is 0 Å². The molecule has 0 aromatic rings. The molecule has 2 atom stereocenters. The molecular formula is C10H14O4. The van der Waals surface area contributed by atoms with Gasteiger partial charge in [-0.15, -0.1) is 0 Å². The Morgan fingerprint density at radius 3 is 2.57 bits per heavy atom. The highest BCUT2D eigenvalue weighted by atomic mass is 16.5. The molecule has 1 saturated carbocycles. The highest BCUT2D eigenvalue weighted by Gasteiger charge is 2.38. The van der Waals surface area contributed by atoms with E-state index in [1.54, 1.807) is 0 Å². The number of methoxy groups -OCH3 is 1. The van der Waals surface area contributed by atoms with Crippen molar-refractivity contribution in [2.75, 3.05) is 7.11 Å². The zero-order valence-electron chi connectivity index (χ0n) is 8.41. The van der Waals surface area contributed by atoms with E-state index >= 15 is 0 Å². The first-order valence-electron chi connectivity index (χ1n) is 4.73. The minimum Gasteiger partial charge on any atom is -0.468 e. The Bertz CT molecular complexity index is 269. The van der Waals surface area contributed by atoms with Crippen LogP contribution in [0.1, 0.15) is 26.2 Å². The number of ether oxygens (including phenoxy) is 1. The number of hydrogen-bond donors (Lipinski definition) is 0. The number of hydrogen-bond acceptors (Lipinski definition) is 4. The van der Waals surface area contributed by atoms with Crippen molar-refractivity contribution in [3.8, 4) is 0 Å². The highest BCUT2D eigenvalue weighted by Crippen LogP contribution is 2.26. The molecule has 14 heavy (non-hydrogen) atoms. The Kier molecular flexibility index (Phi) is 3.38. The van der Waals surface area contributed by atoms with Crippen molar-refractivity contribution in [1.29, 1.82) is 0 Å². The quantitative estimate of drug-likeness (QED) is 0.485. The molecule has 1 rings (SSSR count). The number of esters is 1. The molecule has 0 saturated heterocycles. The van der Waals surface area contributed by atoms with E-state index in [1.165, 1.54) is 7.11 Å². The van der Waals surface area contributed by atoms with Crippen molar-refractivity contribution in [3.63, 3.8) is 0 Å². The second-order valence-electron chi connectivity index (χ2n) is 3.53. The normalized spacial score (nSPS) is 27.6. The average Bonchev–Trinajstić information content (AvgIpc) is 2.17. The summed E-state index contributed by atoms with van der Waals surface area (Å²) in [6.07, 6.45) is 0.888. The number of ketones is 2. The molecule has 4 heteroatoms. The van der Waals surface area contributed by atoms with E-state index in [-0.39, 0.29) is 23.9 Å². The Hall–Kier alpha value is -1.19. The highest BCUT2D eigenvalue weighted by molar-refractivity contribution is 6.10. The maximum Gasteiger partial charge on any atom is 0.316 e. The molecule has 0 bridgehead atoms. The summed E-state index contributed by atoms with van der Waals surface area (Å²) in [6.45, 7) is 1.88. The standard InChI is InChI=1S/C10H14O4/c1-3-6-4-7(10(13)14-2)9(12)5-8(6)11/h6-7H,3-5H2,1-2H3. The van der Waals surface area contributed by atoms with Crippen LogP contribution in [0.3, 0.4) is 0 Å². The van der Waals surface area contributed by atoms with Crippen LogP contribution in [0.4, 0.5) is 0 Å². The molecule has 1 fully saturated rings. The second-order valence-corrected chi connectivity index (χ2v) is 3.53. The van der Waals surface area contributed by atoms with Gasteiger partial charge in [0.15, 0.2) is 5.78 Å². The SMILES string of the molecule is CCC1CC(C(=O)OC)C(=O)CC1=O. The molecule has 0 amide bonds. The lowest BCUT2D eigenvalue weighted by molar-refractivity contribution is -0.152. The second kappa shape index (κ2) is 4.35. The van der Waals surface area contributed by atoms with Gasteiger partial charge < -0.3 is 4.74 Å². The van der Waals surface area contributed by atoms with Crippen LogP contribution in [0, 0.1) is 11.8 Å². The summed E-state index contributed by atoms with van der Waals surface area (Å²) in [4.78, 5) is 33.9. The fraction of sp³-hybridized carbons (Fsp3) is 0.700. The van der Waals surface area contributed by atoms with Gasteiger partial charge in [0.25, 0.3) is 0 Å². The van der Waals surface area contributed by atoms with Gasteiger partial charge in [0.1, 0.15) is 11.7 Å². The van der Waals surface area contributed by atoms with Crippen molar-refractivity contribution in [1.82, 2.24) is 0 Å². The predicted octanol–water partition coefficient (Wildman–Crippen LogP) is 0.734. The van der Waals surface area contributed by atoms with Crippen molar-refractivity contribution in [2.45, 2.75) is 26.2 Å². The van der Waals surface area contributed by atoms with Gasteiger partial charge in [0.05, 0.1) is 13.5 Å². The first-order chi connectivity index (χ1) is 6.60. The monoisotopic (exact) mass is 198 g/mol. The van der Waals surface area contributed by atoms with Crippen LogP contribution in [0.5, 0.6) is 0 Å². The van der Waals surface area contributed by atoms with Gasteiger partial charge in [-0.2, -0.15) is 0 Å². The van der Waals surface area contributed by atoms with Gasteiger partial charge in [0, 0.05) is 5.92 Å². The van der Waals surface area contributed by atoms with Crippen LogP contribution < -0.4 is 0 Å². The van der Waals surface area contributed by atoms with Gasteiger partial charge in [-0.1, -0.05) is 6.92 Å². The maximum atomic E-state index is 11.3. The first kappa shape index (κ1) is 10.9. The van der Waals surface area contributed by atoms with Gasteiger partial charge >= 0.3 is 5.97 Å². The summed E-state index contributed by atoms with van der Waals surface area (Å²) in [5.41, 5.74) is 0. The Morgan fingerprint density at radius 1 is 1.43 bits per heavy atom. The summed E-state index contributed by atoms with van der Waals surface area (Å²) < 4.78 is 4.52. The first-order valence-corrected chi connectivity index (χ1v) is 4.73. The van der Waals surface area contributed by atoms with E-state index in [4.69, 9.17) is 0 Å². The van der Waals surface area contributed by atoms with Crippen LogP contribution in [-0.2, 0) is 19.1 Å². The molecule has 0 aromatic carbocycles. The molecule has 78 valence electrons. The van der Waals surface area contributed by atoms with Crippen molar-refractivity contribution in [2.24, 2.45) is 11.8 Å². The van der Waals surface area contributed by atoms with E-state index in [2.05, 4.69) is 4.74 Å². The Labute approximate surface area is 82.6 Å². The summed E-state index contributed by atoms with van der Waals surface area (Å²) in [5, 5.41) is 0. The molecule has 1 aliphatic rings. The topological polar surface area (TPSA) is 60.4 Å². The lowest BCUT2D eigenvalue weighted by Crippen LogP contribution is -2.37. The van der Waals surface area contributed by atoms with Crippen LogP contribution in [-0.4, -0.2) is 24.6 Å². The van der Waals surface area contributed by atoms with E-state index in [9.17, 15) is 14.4 Å². The third-order valence-corrected chi connectivity index (χ3v) is 2.69. The average molecular weight is 198 g/mol. The van der Waals surface area contributed by atoms with E-state index < -0.39 is 11.9 Å². The molecule has 1 aliphatic carbocycles. The maximum absolute atomic E-state index is 11.3. The largest absolute Gasteiger partial charge is 0.468 e. The molecule has 0 aromatic heterocycles. The van der Waals surface area contributed by atoms with Crippen LogP contribution in [0.15, 0.2) is 0 Å². The Morgan fingerprint density at radius 2 is 2.07 bits per heavy atom. The van der Waals surface area contributed by atoms with E-state index in [0.717, 1.165) is 0 Å². The molecule has 2 unspecified atom stereocenters. The number of rotatable bonds is 2. The number of carbonyl (C=O) groups excluding carboxylic acids is 3. The van der Waals surface area contributed by atoms with Crippen molar-refractivity contribution < 1.29 is 19.1 Å². The minimum absolute atomic E-state index is 0.0438. The van der Waals surface area contributed by atoms with Crippen molar-refractivity contribution in [3.05, 3.63) is 0 Å². The number of carbonyl (C=O) groups is 3. The van der Waals surface area contributed by atoms with E-state index in [1.807, 2.05) is 6.92 Å².